The number of esters is 1. The molecule has 0 saturated carbocycles. The summed E-state index contributed by atoms with van der Waals surface area (Å²) in [7, 11) is 0. The van der Waals surface area contributed by atoms with Gasteiger partial charge in [0.25, 0.3) is 5.91 Å². The molecule has 3 amide bonds. The molecule has 1 aliphatic heterocycles. The molecule has 0 atom stereocenters. The lowest BCUT2D eigenvalue weighted by molar-refractivity contribution is -0.154. The molecule has 1 aromatic rings. The van der Waals surface area contributed by atoms with E-state index in [-0.39, 0.29) is 30.3 Å². The van der Waals surface area contributed by atoms with Crippen LogP contribution in [0.5, 0.6) is 0 Å². The van der Waals surface area contributed by atoms with Gasteiger partial charge in [-0.15, -0.1) is 0 Å². The quantitative estimate of drug-likeness (QED) is 0.489. The molecule has 0 aromatic heterocycles. The molecule has 162 valence electrons. The molecule has 8 nitrogen and oxygen atoms in total. The highest BCUT2D eigenvalue weighted by atomic mass is 16.5. The summed E-state index contributed by atoms with van der Waals surface area (Å²) in [6.45, 7) is 3.97. The lowest BCUT2D eigenvalue weighted by Gasteiger charge is -2.30. The highest BCUT2D eigenvalue weighted by Crippen LogP contribution is 2.19. The number of carbonyl (C=O) groups excluding carboxylic acids is 4. The van der Waals surface area contributed by atoms with Gasteiger partial charge < -0.3 is 20.3 Å². The van der Waals surface area contributed by atoms with Gasteiger partial charge in [-0.3, -0.25) is 19.2 Å². The molecule has 1 aromatic carbocycles. The van der Waals surface area contributed by atoms with E-state index < -0.39 is 18.5 Å². The summed E-state index contributed by atoms with van der Waals surface area (Å²) >= 11 is 0. The number of likely N-dealkylation sites (tertiary alicyclic amines) is 1. The summed E-state index contributed by atoms with van der Waals surface area (Å²) in [6.07, 6.45) is 4.28. The van der Waals surface area contributed by atoms with E-state index in [0.717, 1.165) is 5.56 Å². The van der Waals surface area contributed by atoms with Crippen molar-refractivity contribution in [3.8, 4) is 0 Å². The van der Waals surface area contributed by atoms with Crippen LogP contribution in [0.3, 0.4) is 0 Å². The van der Waals surface area contributed by atoms with Crippen molar-refractivity contribution >= 4 is 29.8 Å². The van der Waals surface area contributed by atoms with Gasteiger partial charge in [0.05, 0.1) is 12.5 Å². The SMILES string of the molecule is CC(C)NC(=O)CNC(=O)COC(=O)C1CCN(C(=O)/C=C/c2ccccc2)CC1. The number of carbonyl (C=O) groups is 4. The van der Waals surface area contributed by atoms with Gasteiger partial charge in [-0.25, -0.2) is 0 Å². The monoisotopic (exact) mass is 415 g/mol. The van der Waals surface area contributed by atoms with Crippen molar-refractivity contribution < 1.29 is 23.9 Å². The minimum absolute atomic E-state index is 0.0150. The zero-order valence-electron chi connectivity index (χ0n) is 17.4. The second-order valence-electron chi connectivity index (χ2n) is 7.45. The molecule has 30 heavy (non-hydrogen) atoms. The van der Waals surface area contributed by atoms with E-state index in [1.54, 1.807) is 11.0 Å². The van der Waals surface area contributed by atoms with E-state index in [2.05, 4.69) is 10.6 Å². The Labute approximate surface area is 176 Å². The van der Waals surface area contributed by atoms with Gasteiger partial charge >= 0.3 is 5.97 Å². The number of amides is 3. The van der Waals surface area contributed by atoms with E-state index in [1.165, 1.54) is 6.08 Å². The van der Waals surface area contributed by atoms with Crippen molar-refractivity contribution in [3.63, 3.8) is 0 Å². The van der Waals surface area contributed by atoms with Crippen LogP contribution in [0.1, 0.15) is 32.3 Å². The number of benzene rings is 1. The van der Waals surface area contributed by atoms with Crippen LogP contribution in [0.25, 0.3) is 6.08 Å². The Hall–Kier alpha value is -3.16. The predicted octanol–water partition coefficient (Wildman–Crippen LogP) is 1.12. The summed E-state index contributed by atoms with van der Waals surface area (Å²) < 4.78 is 5.06. The molecule has 0 aliphatic carbocycles. The Bertz CT molecular complexity index is 768. The van der Waals surface area contributed by atoms with Crippen LogP contribution in [-0.4, -0.2) is 60.9 Å². The number of hydrogen-bond acceptors (Lipinski definition) is 5. The van der Waals surface area contributed by atoms with Crippen LogP contribution < -0.4 is 10.6 Å². The topological polar surface area (TPSA) is 105 Å². The molecule has 2 rings (SSSR count). The van der Waals surface area contributed by atoms with Gasteiger partial charge in [-0.05, 0) is 38.3 Å². The number of nitrogens with one attached hydrogen (secondary N) is 2. The van der Waals surface area contributed by atoms with Crippen LogP contribution in [0.2, 0.25) is 0 Å². The lowest BCUT2D eigenvalue weighted by Crippen LogP contribution is -2.42. The second-order valence-corrected chi connectivity index (χ2v) is 7.45. The normalized spacial score (nSPS) is 14.6. The predicted molar refractivity (Wildman–Crippen MR) is 112 cm³/mol. The van der Waals surface area contributed by atoms with E-state index in [9.17, 15) is 19.2 Å². The van der Waals surface area contributed by atoms with E-state index in [1.807, 2.05) is 44.2 Å². The fourth-order valence-electron chi connectivity index (χ4n) is 3.03. The van der Waals surface area contributed by atoms with Gasteiger partial charge in [0.1, 0.15) is 0 Å². The summed E-state index contributed by atoms with van der Waals surface area (Å²) in [5, 5.41) is 5.05. The molecule has 0 unspecified atom stereocenters. The van der Waals surface area contributed by atoms with Crippen LogP contribution in [-0.2, 0) is 23.9 Å². The fraction of sp³-hybridized carbons (Fsp3) is 0.455. The largest absolute Gasteiger partial charge is 0.455 e. The summed E-state index contributed by atoms with van der Waals surface area (Å²) in [5.74, 6) is -1.72. The second kappa shape index (κ2) is 11.7. The average molecular weight is 415 g/mol. The molecule has 1 saturated heterocycles. The Kier molecular flexibility index (Phi) is 9.05. The summed E-state index contributed by atoms with van der Waals surface area (Å²) in [4.78, 5) is 49.4. The maximum atomic E-state index is 12.3. The van der Waals surface area contributed by atoms with E-state index in [0.29, 0.717) is 25.9 Å². The van der Waals surface area contributed by atoms with E-state index >= 15 is 0 Å². The molecule has 8 heteroatoms. The van der Waals surface area contributed by atoms with Crippen molar-refractivity contribution in [2.24, 2.45) is 5.92 Å². The third-order valence-corrected chi connectivity index (χ3v) is 4.60. The van der Waals surface area contributed by atoms with Crippen molar-refractivity contribution in [1.82, 2.24) is 15.5 Å². The number of rotatable bonds is 8. The molecule has 0 spiro atoms. The smallest absolute Gasteiger partial charge is 0.309 e. The summed E-state index contributed by atoms with van der Waals surface area (Å²) in [6, 6.07) is 9.54. The number of piperidine rings is 1. The molecular weight excluding hydrogens is 386 g/mol. The fourth-order valence-corrected chi connectivity index (χ4v) is 3.03. The van der Waals surface area contributed by atoms with Crippen molar-refractivity contribution in [2.75, 3.05) is 26.2 Å². The Balaban J connectivity index is 1.67. The van der Waals surface area contributed by atoms with Crippen LogP contribution >= 0.6 is 0 Å². The van der Waals surface area contributed by atoms with Crippen LogP contribution in [0, 0.1) is 5.92 Å². The number of nitrogens with zero attached hydrogens (tertiary/aromatic N) is 1. The third kappa shape index (κ3) is 8.06. The zero-order valence-corrected chi connectivity index (χ0v) is 17.4. The minimum atomic E-state index is -0.527. The highest BCUT2D eigenvalue weighted by molar-refractivity contribution is 5.92. The Morgan fingerprint density at radius 3 is 2.40 bits per heavy atom. The van der Waals surface area contributed by atoms with Crippen LogP contribution in [0.15, 0.2) is 36.4 Å². The molecule has 1 aliphatic rings. The Morgan fingerprint density at radius 1 is 1.10 bits per heavy atom. The maximum absolute atomic E-state index is 12.3. The van der Waals surface area contributed by atoms with Gasteiger partial charge in [0.2, 0.25) is 11.8 Å². The molecule has 0 bridgehead atoms. The molecule has 1 heterocycles. The third-order valence-electron chi connectivity index (χ3n) is 4.60. The van der Waals surface area contributed by atoms with E-state index in [4.69, 9.17) is 4.74 Å². The van der Waals surface area contributed by atoms with Gasteiger partial charge in [0, 0.05) is 25.2 Å². The molecule has 2 N–H and O–H groups in total. The first kappa shape index (κ1) is 23.1. The zero-order chi connectivity index (χ0) is 21.9. The number of ether oxygens (including phenoxy) is 1. The summed E-state index contributed by atoms with van der Waals surface area (Å²) in [5.41, 5.74) is 0.948. The average Bonchev–Trinajstić information content (AvgIpc) is 2.74. The Morgan fingerprint density at radius 2 is 1.77 bits per heavy atom. The minimum Gasteiger partial charge on any atom is -0.455 e. The molecular formula is C22H29N3O5. The van der Waals surface area contributed by atoms with Gasteiger partial charge in [0.15, 0.2) is 6.61 Å². The molecule has 0 radical (unpaired) electrons. The molecule has 1 fully saturated rings. The van der Waals surface area contributed by atoms with Gasteiger partial charge in [-0.1, -0.05) is 30.3 Å². The van der Waals surface area contributed by atoms with Crippen LogP contribution in [0.4, 0.5) is 0 Å². The standard InChI is InChI=1S/C22H29N3O5/c1-16(2)24-19(26)14-23-20(27)15-30-22(29)18-10-12-25(13-11-18)21(28)9-8-17-6-4-3-5-7-17/h3-9,16,18H,10-15H2,1-2H3,(H,23,27)(H,24,26)/b9-8+. The highest BCUT2D eigenvalue weighted by Gasteiger charge is 2.28. The first-order valence-electron chi connectivity index (χ1n) is 10.1. The first-order valence-corrected chi connectivity index (χ1v) is 10.1. The van der Waals surface area contributed by atoms with Gasteiger partial charge in [-0.2, -0.15) is 0 Å². The first-order chi connectivity index (χ1) is 14.3. The van der Waals surface area contributed by atoms with Crippen molar-refractivity contribution in [1.29, 1.82) is 0 Å². The lowest BCUT2D eigenvalue weighted by atomic mass is 9.97. The van der Waals surface area contributed by atoms with Crippen molar-refractivity contribution in [2.45, 2.75) is 32.7 Å². The number of hydrogen-bond donors (Lipinski definition) is 2. The van der Waals surface area contributed by atoms with Crippen molar-refractivity contribution in [3.05, 3.63) is 42.0 Å². The maximum Gasteiger partial charge on any atom is 0.309 e.